The van der Waals surface area contributed by atoms with E-state index in [-0.39, 0.29) is 11.7 Å². The Balaban J connectivity index is 0.000000343. The van der Waals surface area contributed by atoms with Gasteiger partial charge in [0.05, 0.1) is 11.1 Å². The van der Waals surface area contributed by atoms with Crippen LogP contribution in [0, 0.1) is 11.8 Å². The number of ether oxygens (including phenoxy) is 1. The highest BCUT2D eigenvalue weighted by molar-refractivity contribution is 9.10. The van der Waals surface area contributed by atoms with Crippen LogP contribution in [-0.4, -0.2) is 17.7 Å². The first-order chi connectivity index (χ1) is 15.5. The van der Waals surface area contributed by atoms with Crippen molar-refractivity contribution >= 4 is 28.0 Å². The number of benzene rings is 1. The number of carbonyl (C=O) groups is 1. The van der Waals surface area contributed by atoms with Gasteiger partial charge in [-0.15, -0.1) is 0 Å². The van der Waals surface area contributed by atoms with Gasteiger partial charge in [-0.3, -0.25) is 0 Å². The number of hydrogen-bond acceptors (Lipinski definition) is 3. The molecule has 0 saturated heterocycles. The Hall–Kier alpha value is -1.29. The molecule has 0 amide bonds. The summed E-state index contributed by atoms with van der Waals surface area (Å²) >= 11 is 3.22. The van der Waals surface area contributed by atoms with Crippen molar-refractivity contribution in [3.8, 4) is 5.75 Å². The quantitative estimate of drug-likeness (QED) is 0.174. The van der Waals surface area contributed by atoms with Crippen LogP contribution in [0.5, 0.6) is 5.75 Å². The third-order valence-electron chi connectivity index (χ3n) is 6.39. The van der Waals surface area contributed by atoms with E-state index < -0.39 is 0 Å². The number of carbonyl (C=O) groups excluding carboxylic acids is 1. The lowest BCUT2D eigenvalue weighted by Crippen LogP contribution is -2.13. The Labute approximate surface area is 205 Å². The van der Waals surface area contributed by atoms with Gasteiger partial charge < -0.3 is 9.84 Å². The van der Waals surface area contributed by atoms with Crippen LogP contribution in [0.25, 0.3) is 6.08 Å². The predicted octanol–water partition coefficient (Wildman–Crippen LogP) is 9.07. The van der Waals surface area contributed by atoms with Gasteiger partial charge in [0, 0.05) is 6.08 Å². The highest BCUT2D eigenvalue weighted by atomic mass is 79.9. The number of phenolic OH excluding ortho intramolecular Hbond substituents is 1. The first kappa shape index (κ1) is 28.7. The van der Waals surface area contributed by atoms with E-state index in [1.54, 1.807) is 24.3 Å². The van der Waals surface area contributed by atoms with Gasteiger partial charge in [-0.2, -0.15) is 0 Å². The van der Waals surface area contributed by atoms with Crippen molar-refractivity contribution in [1.29, 1.82) is 0 Å². The highest BCUT2D eigenvalue weighted by Crippen LogP contribution is 2.33. The van der Waals surface area contributed by atoms with Gasteiger partial charge in [0.2, 0.25) is 0 Å². The first-order valence-electron chi connectivity index (χ1n) is 12.8. The van der Waals surface area contributed by atoms with Gasteiger partial charge in [0.25, 0.3) is 0 Å². The molecular formula is C28H45BrO3. The van der Waals surface area contributed by atoms with Crippen LogP contribution in [0.1, 0.15) is 110 Å². The van der Waals surface area contributed by atoms with Crippen molar-refractivity contribution in [1.82, 2.24) is 0 Å². The molecule has 1 aliphatic rings. The summed E-state index contributed by atoms with van der Waals surface area (Å²) in [4.78, 5) is 11.4. The molecule has 0 atom stereocenters. The summed E-state index contributed by atoms with van der Waals surface area (Å²) in [6.45, 7) is 7.27. The average molecular weight is 510 g/mol. The highest BCUT2D eigenvalue weighted by Gasteiger charge is 2.19. The summed E-state index contributed by atoms with van der Waals surface area (Å²) in [5.41, 5.74) is 0.826. The molecule has 1 aromatic rings. The molecule has 1 aliphatic carbocycles. The molecule has 4 heteroatoms. The minimum atomic E-state index is -0.333. The Kier molecular flexibility index (Phi) is 16.3. The second kappa shape index (κ2) is 18.2. The fourth-order valence-corrected chi connectivity index (χ4v) is 4.55. The van der Waals surface area contributed by atoms with Crippen molar-refractivity contribution in [3.63, 3.8) is 0 Å². The summed E-state index contributed by atoms with van der Waals surface area (Å²) in [5, 5.41) is 9.35. The number of unbranched alkanes of at least 4 members (excludes halogenated alkanes) is 5. The number of aromatic hydroxyl groups is 1. The summed E-state index contributed by atoms with van der Waals surface area (Å²) in [5.74, 6) is 2.01. The lowest BCUT2D eigenvalue weighted by molar-refractivity contribution is -0.137. The van der Waals surface area contributed by atoms with E-state index >= 15 is 0 Å². The zero-order chi connectivity index (χ0) is 23.6. The molecule has 0 unspecified atom stereocenters. The van der Waals surface area contributed by atoms with Crippen LogP contribution in [0.3, 0.4) is 0 Å². The van der Waals surface area contributed by atoms with E-state index in [0.29, 0.717) is 11.1 Å². The van der Waals surface area contributed by atoms with E-state index in [0.717, 1.165) is 30.2 Å². The zero-order valence-corrected chi connectivity index (χ0v) is 22.2. The fourth-order valence-electron chi connectivity index (χ4n) is 4.15. The second-order valence-electron chi connectivity index (χ2n) is 9.06. The minimum absolute atomic E-state index is 0.177. The fraction of sp³-hybridized carbons (Fsp3) is 0.679. The monoisotopic (exact) mass is 508 g/mol. The largest absolute Gasteiger partial charge is 0.507 e. The van der Waals surface area contributed by atoms with Crippen molar-refractivity contribution < 1.29 is 14.6 Å². The maximum absolute atomic E-state index is 11.4. The molecule has 0 aliphatic heterocycles. The molecule has 0 spiro atoms. The maximum atomic E-state index is 11.4. The number of phenols is 1. The molecular weight excluding hydrogens is 464 g/mol. The number of halogens is 1. The Morgan fingerprint density at radius 1 is 1.00 bits per heavy atom. The van der Waals surface area contributed by atoms with Crippen LogP contribution < -0.4 is 0 Å². The molecule has 0 heterocycles. The standard InChI is InChI=1S/C15H19BrO3.C13H26/c1-2-3-4-5-10-19-15(18)9-7-12-6-8-14(17)13(16)11-12;1-3-5-6-7-13-10-8-12(4-2)9-11-13/h6-9,11,17H,2-5,10H2,1H3;12-13H,3-11H2,1-2H3/b9-7+;. The van der Waals surface area contributed by atoms with Gasteiger partial charge in [-0.25, -0.2) is 4.79 Å². The van der Waals surface area contributed by atoms with Crippen LogP contribution in [0.2, 0.25) is 0 Å². The van der Waals surface area contributed by atoms with Crippen molar-refractivity contribution in [2.75, 3.05) is 6.61 Å². The molecule has 2 rings (SSSR count). The Bertz CT molecular complexity index is 645. The van der Waals surface area contributed by atoms with Crippen molar-refractivity contribution in [2.24, 2.45) is 11.8 Å². The zero-order valence-electron chi connectivity index (χ0n) is 20.6. The second-order valence-corrected chi connectivity index (χ2v) is 9.92. The molecule has 0 radical (unpaired) electrons. The SMILES string of the molecule is CCCCCC1CCC(CC)CC1.CCCCCCOC(=O)/C=C/c1ccc(O)c(Br)c1. The van der Waals surface area contributed by atoms with E-state index in [1.807, 2.05) is 0 Å². The van der Waals surface area contributed by atoms with Crippen LogP contribution >= 0.6 is 15.9 Å². The molecule has 3 nitrogen and oxygen atoms in total. The molecule has 1 fully saturated rings. The summed E-state index contributed by atoms with van der Waals surface area (Å²) in [7, 11) is 0. The minimum Gasteiger partial charge on any atom is -0.507 e. The normalized spacial score (nSPS) is 18.2. The average Bonchev–Trinajstić information content (AvgIpc) is 2.81. The Morgan fingerprint density at radius 2 is 1.66 bits per heavy atom. The molecule has 1 aromatic carbocycles. The van der Waals surface area contributed by atoms with E-state index in [4.69, 9.17) is 4.74 Å². The van der Waals surface area contributed by atoms with Gasteiger partial charge in [-0.05, 0) is 58.0 Å². The molecule has 0 aromatic heterocycles. The molecule has 0 bridgehead atoms. The number of rotatable bonds is 12. The van der Waals surface area contributed by atoms with Gasteiger partial charge in [0.15, 0.2) is 0 Å². The van der Waals surface area contributed by atoms with E-state index in [2.05, 4.69) is 36.7 Å². The van der Waals surface area contributed by atoms with Crippen LogP contribution in [-0.2, 0) is 9.53 Å². The first-order valence-corrected chi connectivity index (χ1v) is 13.6. The van der Waals surface area contributed by atoms with Gasteiger partial charge >= 0.3 is 5.97 Å². The molecule has 32 heavy (non-hydrogen) atoms. The summed E-state index contributed by atoms with van der Waals surface area (Å²) in [6, 6.07) is 5.03. The van der Waals surface area contributed by atoms with Crippen LogP contribution in [0.4, 0.5) is 0 Å². The lowest BCUT2D eigenvalue weighted by atomic mass is 9.79. The number of hydrogen-bond donors (Lipinski definition) is 1. The third-order valence-corrected chi connectivity index (χ3v) is 7.02. The topological polar surface area (TPSA) is 46.5 Å². The number of esters is 1. The molecule has 1 N–H and O–H groups in total. The molecule has 182 valence electrons. The van der Waals surface area contributed by atoms with E-state index in [9.17, 15) is 9.90 Å². The van der Waals surface area contributed by atoms with Gasteiger partial charge in [0.1, 0.15) is 5.75 Å². The maximum Gasteiger partial charge on any atom is 0.330 e. The van der Waals surface area contributed by atoms with Crippen molar-refractivity contribution in [3.05, 3.63) is 34.3 Å². The predicted molar refractivity (Wildman–Crippen MR) is 140 cm³/mol. The molecule has 1 saturated carbocycles. The third kappa shape index (κ3) is 13.3. The van der Waals surface area contributed by atoms with Crippen molar-refractivity contribution in [2.45, 2.75) is 104 Å². The summed E-state index contributed by atoms with van der Waals surface area (Å²) < 4.78 is 5.68. The van der Waals surface area contributed by atoms with Crippen LogP contribution in [0.15, 0.2) is 28.7 Å². The lowest BCUT2D eigenvalue weighted by Gasteiger charge is -2.27. The smallest absolute Gasteiger partial charge is 0.330 e. The summed E-state index contributed by atoms with van der Waals surface area (Å²) in [6.07, 6.45) is 20.8. The van der Waals surface area contributed by atoms with Gasteiger partial charge in [-0.1, -0.05) is 104 Å². The van der Waals surface area contributed by atoms with E-state index in [1.165, 1.54) is 76.7 Å². The Morgan fingerprint density at radius 3 is 2.28 bits per heavy atom.